The molecule has 0 spiro atoms. The fraction of sp³-hybridized carbons (Fsp3) is 0.192. The van der Waals surface area contributed by atoms with Crippen molar-refractivity contribution in [2.75, 3.05) is 20.3 Å². The van der Waals surface area contributed by atoms with Crippen molar-refractivity contribution < 1.29 is 28.6 Å². The maximum Gasteiger partial charge on any atom is 0.344 e. The van der Waals surface area contributed by atoms with E-state index in [1.165, 1.54) is 12.0 Å². The Bertz CT molecular complexity index is 1340. The van der Waals surface area contributed by atoms with Gasteiger partial charge in [0.2, 0.25) is 0 Å². The number of halogens is 1. The molecule has 0 radical (unpaired) electrons. The van der Waals surface area contributed by atoms with Crippen molar-refractivity contribution in [3.05, 3.63) is 75.7 Å². The third-order valence-electron chi connectivity index (χ3n) is 5.22. The molecule has 0 aliphatic carbocycles. The van der Waals surface area contributed by atoms with Crippen LogP contribution in [0.25, 0.3) is 16.8 Å². The van der Waals surface area contributed by atoms with Gasteiger partial charge in [-0.15, -0.1) is 0 Å². The second-order valence-corrected chi connectivity index (χ2v) is 8.98. The number of nitrogens with zero attached hydrogens (tertiary/aromatic N) is 1. The quantitative estimate of drug-likeness (QED) is 0.284. The highest BCUT2D eigenvalue weighted by molar-refractivity contribution is 8.18. The zero-order valence-corrected chi connectivity index (χ0v) is 20.7. The van der Waals surface area contributed by atoms with Crippen molar-refractivity contribution in [1.82, 2.24) is 4.90 Å². The Balaban J connectivity index is 1.53. The van der Waals surface area contributed by atoms with Crippen molar-refractivity contribution in [2.45, 2.75) is 13.5 Å². The van der Waals surface area contributed by atoms with Crippen LogP contribution >= 0.6 is 23.4 Å². The molecular formula is C26H22ClNO6S. The van der Waals surface area contributed by atoms with E-state index in [0.717, 1.165) is 28.1 Å². The number of thioether (sulfide) groups is 1. The van der Waals surface area contributed by atoms with E-state index in [9.17, 15) is 14.4 Å². The van der Waals surface area contributed by atoms with E-state index in [0.29, 0.717) is 5.56 Å². The summed E-state index contributed by atoms with van der Waals surface area (Å²) in [5.74, 6) is -0.451. The topological polar surface area (TPSA) is 82.1 Å². The molecule has 2 amide bonds. The molecule has 1 aliphatic rings. The molecule has 0 saturated carbocycles. The number of carbonyl (C=O) groups excluding carboxylic acids is 3. The molecule has 35 heavy (non-hydrogen) atoms. The molecule has 0 bridgehead atoms. The van der Waals surface area contributed by atoms with E-state index in [2.05, 4.69) is 0 Å². The molecule has 1 fully saturated rings. The van der Waals surface area contributed by atoms with Gasteiger partial charge in [-0.25, -0.2) is 4.79 Å². The maximum atomic E-state index is 13.0. The van der Waals surface area contributed by atoms with Crippen LogP contribution in [0.3, 0.4) is 0 Å². The number of imide groups is 1. The first kappa shape index (κ1) is 24.6. The zero-order valence-electron chi connectivity index (χ0n) is 19.1. The van der Waals surface area contributed by atoms with Crippen molar-refractivity contribution >= 4 is 57.3 Å². The second kappa shape index (κ2) is 10.8. The number of hydrogen-bond donors (Lipinski definition) is 0. The molecule has 1 aliphatic heterocycles. The lowest BCUT2D eigenvalue weighted by molar-refractivity contribution is -0.145. The lowest BCUT2D eigenvalue weighted by Gasteiger charge is -2.13. The number of ether oxygens (including phenoxy) is 3. The molecule has 0 aromatic heterocycles. The molecule has 1 heterocycles. The van der Waals surface area contributed by atoms with Gasteiger partial charge in [0.05, 0.1) is 30.2 Å². The van der Waals surface area contributed by atoms with Crippen molar-refractivity contribution in [1.29, 1.82) is 0 Å². The average Bonchev–Trinajstić information content (AvgIpc) is 3.10. The maximum absolute atomic E-state index is 13.0. The van der Waals surface area contributed by atoms with Gasteiger partial charge in [0.15, 0.2) is 18.1 Å². The number of fused-ring (bicyclic) bond motifs is 1. The van der Waals surface area contributed by atoms with E-state index in [1.807, 2.05) is 42.5 Å². The van der Waals surface area contributed by atoms with Gasteiger partial charge in [0, 0.05) is 0 Å². The Hall–Kier alpha value is -3.49. The molecular weight excluding hydrogens is 490 g/mol. The minimum atomic E-state index is -0.533. The monoisotopic (exact) mass is 511 g/mol. The van der Waals surface area contributed by atoms with E-state index >= 15 is 0 Å². The van der Waals surface area contributed by atoms with Crippen LogP contribution in [0.5, 0.6) is 11.5 Å². The molecule has 0 atom stereocenters. The summed E-state index contributed by atoms with van der Waals surface area (Å²) >= 11 is 7.22. The Morgan fingerprint density at radius 2 is 1.86 bits per heavy atom. The number of methoxy groups -OCH3 is 1. The summed E-state index contributed by atoms with van der Waals surface area (Å²) < 4.78 is 15.7. The summed E-state index contributed by atoms with van der Waals surface area (Å²) in [4.78, 5) is 38.7. The predicted molar refractivity (Wildman–Crippen MR) is 136 cm³/mol. The number of rotatable bonds is 8. The minimum absolute atomic E-state index is 0.178. The highest BCUT2D eigenvalue weighted by Crippen LogP contribution is 2.39. The number of benzene rings is 3. The van der Waals surface area contributed by atoms with Gasteiger partial charge in [0.25, 0.3) is 11.1 Å². The fourth-order valence-corrected chi connectivity index (χ4v) is 4.72. The first-order chi connectivity index (χ1) is 16.9. The lowest BCUT2D eigenvalue weighted by atomic mass is 10.1. The van der Waals surface area contributed by atoms with Gasteiger partial charge in [-0.2, -0.15) is 0 Å². The Morgan fingerprint density at radius 3 is 2.60 bits per heavy atom. The van der Waals surface area contributed by atoms with Crippen LogP contribution in [0.1, 0.15) is 18.1 Å². The Labute approximate surface area is 211 Å². The largest absolute Gasteiger partial charge is 0.493 e. The zero-order chi connectivity index (χ0) is 24.9. The van der Waals surface area contributed by atoms with Crippen molar-refractivity contribution in [3.63, 3.8) is 0 Å². The van der Waals surface area contributed by atoms with Crippen LogP contribution in [-0.2, 0) is 20.9 Å². The lowest BCUT2D eigenvalue weighted by Crippen LogP contribution is -2.27. The molecule has 3 aromatic carbocycles. The third-order valence-corrected chi connectivity index (χ3v) is 6.41. The molecule has 3 aromatic rings. The van der Waals surface area contributed by atoms with Crippen LogP contribution in [0.15, 0.2) is 59.5 Å². The van der Waals surface area contributed by atoms with E-state index < -0.39 is 5.97 Å². The van der Waals surface area contributed by atoms with Crippen LogP contribution in [0.2, 0.25) is 5.02 Å². The second-order valence-electron chi connectivity index (χ2n) is 7.58. The van der Waals surface area contributed by atoms with E-state index in [-0.39, 0.29) is 52.3 Å². The summed E-state index contributed by atoms with van der Waals surface area (Å²) in [5.41, 5.74) is 1.41. The summed E-state index contributed by atoms with van der Waals surface area (Å²) in [6.07, 6.45) is 1.58. The fourth-order valence-electron chi connectivity index (χ4n) is 3.60. The number of esters is 1. The number of hydrogen-bond acceptors (Lipinski definition) is 7. The number of amides is 2. The standard InChI is InChI=1S/C26H22ClNO6S/c1-3-33-23(29)15-34-24-20(27)11-17(12-21(24)32-2)13-22-25(30)28(26(31)35-22)14-16-8-9-18-6-4-5-7-19(18)10-16/h4-13H,3,14-15H2,1-2H3/b22-13-. The summed E-state index contributed by atoms with van der Waals surface area (Å²) in [7, 11) is 1.43. The van der Waals surface area contributed by atoms with Gasteiger partial charge in [-0.05, 0) is 64.9 Å². The van der Waals surface area contributed by atoms with E-state index in [1.54, 1.807) is 25.1 Å². The minimum Gasteiger partial charge on any atom is -0.493 e. The van der Waals surface area contributed by atoms with Gasteiger partial charge in [0.1, 0.15) is 0 Å². The van der Waals surface area contributed by atoms with E-state index in [4.69, 9.17) is 25.8 Å². The van der Waals surface area contributed by atoms with Crippen LogP contribution < -0.4 is 9.47 Å². The van der Waals surface area contributed by atoms with Crippen LogP contribution in [0, 0.1) is 0 Å². The first-order valence-electron chi connectivity index (χ1n) is 10.8. The molecule has 180 valence electrons. The highest BCUT2D eigenvalue weighted by Gasteiger charge is 2.35. The van der Waals surface area contributed by atoms with Gasteiger partial charge < -0.3 is 14.2 Å². The summed E-state index contributed by atoms with van der Waals surface area (Å²) in [6, 6.07) is 16.9. The SMILES string of the molecule is CCOC(=O)COc1c(Cl)cc(/C=C2\SC(=O)N(Cc3ccc4ccccc4c3)C2=O)cc1OC. The highest BCUT2D eigenvalue weighted by atomic mass is 35.5. The normalized spacial score (nSPS) is 14.6. The molecule has 1 saturated heterocycles. The summed E-state index contributed by atoms with van der Waals surface area (Å²) in [6.45, 7) is 1.79. The predicted octanol–water partition coefficient (Wildman–Crippen LogP) is 5.68. The number of carbonyl (C=O) groups is 3. The van der Waals surface area contributed by atoms with Crippen LogP contribution in [-0.4, -0.2) is 42.3 Å². The Morgan fingerprint density at radius 1 is 1.09 bits per heavy atom. The summed E-state index contributed by atoms with van der Waals surface area (Å²) in [5, 5.41) is 1.97. The first-order valence-corrected chi connectivity index (χ1v) is 12.0. The van der Waals surface area contributed by atoms with Gasteiger partial charge in [-0.1, -0.05) is 48.0 Å². The van der Waals surface area contributed by atoms with Crippen molar-refractivity contribution in [3.8, 4) is 11.5 Å². The molecule has 9 heteroatoms. The Kier molecular flexibility index (Phi) is 7.63. The average molecular weight is 512 g/mol. The van der Waals surface area contributed by atoms with Crippen LogP contribution in [0.4, 0.5) is 4.79 Å². The molecule has 0 N–H and O–H groups in total. The molecule has 0 unspecified atom stereocenters. The molecule has 7 nitrogen and oxygen atoms in total. The van der Waals surface area contributed by atoms with Crippen molar-refractivity contribution in [2.24, 2.45) is 0 Å². The molecule has 4 rings (SSSR count). The van der Waals surface area contributed by atoms with Gasteiger partial charge >= 0.3 is 5.97 Å². The van der Waals surface area contributed by atoms with Gasteiger partial charge in [-0.3, -0.25) is 14.5 Å². The third kappa shape index (κ3) is 5.61. The smallest absolute Gasteiger partial charge is 0.344 e.